The van der Waals surface area contributed by atoms with Gasteiger partial charge in [0.25, 0.3) is 0 Å². The number of hydrogen-bond acceptors (Lipinski definition) is 2. The van der Waals surface area contributed by atoms with E-state index in [9.17, 15) is 13.2 Å². The Morgan fingerprint density at radius 1 is 1.42 bits per heavy atom. The fraction of sp³-hybridized carbons (Fsp3) is 0.857. The number of halogens is 3. The van der Waals surface area contributed by atoms with Crippen molar-refractivity contribution in [1.29, 1.82) is 0 Å². The van der Waals surface area contributed by atoms with Gasteiger partial charge in [-0.3, -0.25) is 0 Å². The fourth-order valence-corrected chi connectivity index (χ4v) is 0.453. The Morgan fingerprint density at radius 3 is 2.58 bits per heavy atom. The van der Waals surface area contributed by atoms with Gasteiger partial charge in [-0.1, -0.05) is 18.5 Å². The quantitative estimate of drug-likeness (QED) is 0.364. The Morgan fingerprint density at radius 2 is 2.08 bits per heavy atom. The predicted molar refractivity (Wildman–Crippen MR) is 39.0 cm³/mol. The van der Waals surface area contributed by atoms with Crippen LogP contribution < -0.4 is 0 Å². The fourth-order valence-electron chi connectivity index (χ4n) is 0.453. The maximum absolute atomic E-state index is 11.4. The van der Waals surface area contributed by atoms with Crippen molar-refractivity contribution >= 4 is 6.21 Å². The lowest BCUT2D eigenvalue weighted by molar-refractivity contribution is -0.173. The molecule has 0 N–H and O–H groups in total. The van der Waals surface area contributed by atoms with Gasteiger partial charge >= 0.3 is 6.18 Å². The van der Waals surface area contributed by atoms with E-state index in [1.54, 1.807) is 0 Å². The zero-order valence-electron chi connectivity index (χ0n) is 6.82. The van der Waals surface area contributed by atoms with Gasteiger partial charge in [0.1, 0.15) is 6.21 Å². The molecule has 0 fully saturated rings. The molecule has 1 radical (unpaired) electrons. The molecule has 0 unspecified atom stereocenters. The molecule has 71 valence electrons. The molecule has 0 saturated carbocycles. The Hall–Kier alpha value is -0.740. The van der Waals surface area contributed by atoms with Crippen LogP contribution in [0.3, 0.4) is 0 Å². The van der Waals surface area contributed by atoms with Gasteiger partial charge in [0, 0.05) is 0 Å². The van der Waals surface area contributed by atoms with Gasteiger partial charge in [0.05, 0.1) is 0 Å². The minimum absolute atomic E-state index is 0.536. The van der Waals surface area contributed by atoms with Crippen molar-refractivity contribution in [3.8, 4) is 0 Å². The highest BCUT2D eigenvalue weighted by Crippen LogP contribution is 2.14. The van der Waals surface area contributed by atoms with Crippen LogP contribution in [-0.4, -0.2) is 19.0 Å². The summed E-state index contributed by atoms with van der Waals surface area (Å²) < 4.78 is 34.3. The SMILES string of the molecule is CCCC/[C]=N/OCC(F)(F)F. The van der Waals surface area contributed by atoms with Crippen molar-refractivity contribution in [1.82, 2.24) is 0 Å². The standard InChI is InChI=1S/C7H11F3NO/c1-2-3-4-5-11-12-6-7(8,9)10/h2-4,6H2,1H3. The molecule has 0 aromatic heterocycles. The highest BCUT2D eigenvalue weighted by atomic mass is 19.4. The Bertz CT molecular complexity index is 133. The summed E-state index contributed by atoms with van der Waals surface area (Å²) in [4.78, 5) is 3.93. The Labute approximate surface area is 69.4 Å². The highest BCUT2D eigenvalue weighted by molar-refractivity contribution is 5.55. The molecule has 0 aliphatic carbocycles. The summed E-state index contributed by atoms with van der Waals surface area (Å²) in [5.41, 5.74) is 0. The van der Waals surface area contributed by atoms with Crippen LogP contribution in [0, 0.1) is 0 Å². The van der Waals surface area contributed by atoms with E-state index in [2.05, 4.69) is 16.2 Å². The van der Waals surface area contributed by atoms with E-state index in [1.807, 2.05) is 6.92 Å². The molecule has 0 aliphatic heterocycles. The van der Waals surface area contributed by atoms with Crippen LogP contribution in [0.5, 0.6) is 0 Å². The van der Waals surface area contributed by atoms with Gasteiger partial charge in [-0.2, -0.15) is 13.2 Å². The highest BCUT2D eigenvalue weighted by Gasteiger charge is 2.28. The maximum Gasteiger partial charge on any atom is 0.425 e. The van der Waals surface area contributed by atoms with Crippen molar-refractivity contribution < 1.29 is 18.0 Å². The monoisotopic (exact) mass is 182 g/mol. The van der Waals surface area contributed by atoms with Crippen molar-refractivity contribution in [2.45, 2.75) is 32.4 Å². The number of rotatable bonds is 5. The van der Waals surface area contributed by atoms with Crippen molar-refractivity contribution in [3.05, 3.63) is 0 Å². The maximum atomic E-state index is 11.4. The van der Waals surface area contributed by atoms with Crippen LogP contribution in [0.2, 0.25) is 0 Å². The smallest absolute Gasteiger partial charge is 0.386 e. The molecular weight excluding hydrogens is 171 g/mol. The molecule has 0 spiro atoms. The van der Waals surface area contributed by atoms with E-state index >= 15 is 0 Å². The molecule has 2 nitrogen and oxygen atoms in total. The third kappa shape index (κ3) is 9.26. The zero-order valence-corrected chi connectivity index (χ0v) is 6.82. The summed E-state index contributed by atoms with van der Waals surface area (Å²) in [6.45, 7) is 0.629. The molecule has 0 aromatic carbocycles. The molecule has 0 aromatic rings. The second kappa shape index (κ2) is 5.85. The molecule has 0 atom stereocenters. The van der Waals surface area contributed by atoms with Crippen LogP contribution in [0.25, 0.3) is 0 Å². The van der Waals surface area contributed by atoms with Crippen LogP contribution in [-0.2, 0) is 4.84 Å². The van der Waals surface area contributed by atoms with Gasteiger partial charge in [0.15, 0.2) is 0 Å². The van der Waals surface area contributed by atoms with Crippen molar-refractivity contribution in [2.24, 2.45) is 5.16 Å². The van der Waals surface area contributed by atoms with E-state index < -0.39 is 12.8 Å². The molecular formula is C7H11F3NO. The molecule has 0 aliphatic rings. The first-order chi connectivity index (χ1) is 5.56. The van der Waals surface area contributed by atoms with E-state index in [1.165, 1.54) is 0 Å². The second-order valence-electron chi connectivity index (χ2n) is 2.24. The molecule has 5 heteroatoms. The van der Waals surface area contributed by atoms with Gasteiger partial charge in [-0.25, -0.2) is 0 Å². The van der Waals surface area contributed by atoms with Crippen LogP contribution in [0.4, 0.5) is 13.2 Å². The van der Waals surface area contributed by atoms with Crippen molar-refractivity contribution in [2.75, 3.05) is 6.61 Å². The second-order valence-corrected chi connectivity index (χ2v) is 2.24. The average Bonchev–Trinajstić information content (AvgIpc) is 1.94. The minimum atomic E-state index is -4.31. The van der Waals surface area contributed by atoms with E-state index in [4.69, 9.17) is 0 Å². The van der Waals surface area contributed by atoms with Crippen LogP contribution in [0.15, 0.2) is 5.16 Å². The number of hydrogen-bond donors (Lipinski definition) is 0. The number of unbranched alkanes of at least 4 members (excludes halogenated alkanes) is 2. The molecule has 12 heavy (non-hydrogen) atoms. The summed E-state index contributed by atoms with van der Waals surface area (Å²) in [7, 11) is 0. The summed E-state index contributed by atoms with van der Waals surface area (Å²) in [5.74, 6) is 0. The van der Waals surface area contributed by atoms with Crippen LogP contribution >= 0.6 is 0 Å². The molecule has 0 heterocycles. The lowest BCUT2D eigenvalue weighted by Gasteiger charge is -2.02. The average molecular weight is 182 g/mol. The lowest BCUT2D eigenvalue weighted by atomic mass is 10.3. The van der Waals surface area contributed by atoms with Gasteiger partial charge in [-0.05, 0) is 12.8 Å². The third-order valence-corrected chi connectivity index (χ3v) is 0.999. The van der Waals surface area contributed by atoms with Gasteiger partial charge < -0.3 is 4.84 Å². The summed E-state index contributed by atoms with van der Waals surface area (Å²) in [6, 6.07) is 0. The predicted octanol–water partition coefficient (Wildman–Crippen LogP) is 2.62. The Balaban J connectivity index is 3.25. The first kappa shape index (κ1) is 11.3. The summed E-state index contributed by atoms with van der Waals surface area (Å²) in [5, 5.41) is 3.02. The van der Waals surface area contributed by atoms with E-state index in [0.29, 0.717) is 6.42 Å². The number of nitrogens with zero attached hydrogens (tertiary/aromatic N) is 1. The first-order valence-corrected chi connectivity index (χ1v) is 3.68. The molecule has 0 bridgehead atoms. The lowest BCUT2D eigenvalue weighted by Crippen LogP contribution is -2.14. The van der Waals surface area contributed by atoms with Gasteiger partial charge in [0.2, 0.25) is 6.61 Å². The minimum Gasteiger partial charge on any atom is -0.386 e. The van der Waals surface area contributed by atoms with E-state index in [0.717, 1.165) is 12.8 Å². The Kier molecular flexibility index (Phi) is 5.49. The largest absolute Gasteiger partial charge is 0.425 e. The summed E-state index contributed by atoms with van der Waals surface area (Å²) in [6.07, 6.45) is 0.408. The van der Waals surface area contributed by atoms with Gasteiger partial charge in [-0.15, -0.1) is 0 Å². The van der Waals surface area contributed by atoms with Crippen LogP contribution in [0.1, 0.15) is 26.2 Å². The zero-order chi connectivity index (χ0) is 9.45. The third-order valence-electron chi connectivity index (χ3n) is 0.999. The first-order valence-electron chi connectivity index (χ1n) is 3.68. The number of alkyl halides is 3. The topological polar surface area (TPSA) is 21.6 Å². The molecule has 0 rings (SSSR count). The summed E-state index contributed by atoms with van der Waals surface area (Å²) >= 11 is 0. The normalized spacial score (nSPS) is 12.3. The van der Waals surface area contributed by atoms with E-state index in [-0.39, 0.29) is 0 Å². The van der Waals surface area contributed by atoms with Crippen molar-refractivity contribution in [3.63, 3.8) is 0 Å². The molecule has 0 saturated heterocycles. The molecule has 0 amide bonds.